The number of rotatable bonds is 3. The van der Waals surface area contributed by atoms with Crippen LogP contribution in [0.15, 0.2) is 23.1 Å². The van der Waals surface area contributed by atoms with E-state index in [0.29, 0.717) is 0 Å². The van der Waals surface area contributed by atoms with Crippen molar-refractivity contribution < 1.29 is 9.90 Å². The molecule has 70 valence electrons. The van der Waals surface area contributed by atoms with E-state index in [1.807, 2.05) is 31.4 Å². The average Bonchev–Trinajstić information content (AvgIpc) is 2.08. The Labute approximate surface area is 82.0 Å². The molecule has 0 spiro atoms. The second-order valence-corrected chi connectivity index (χ2v) is 3.74. The summed E-state index contributed by atoms with van der Waals surface area (Å²) in [6.07, 6.45) is 2.09. The van der Waals surface area contributed by atoms with E-state index in [1.165, 1.54) is 0 Å². The van der Waals surface area contributed by atoms with E-state index in [9.17, 15) is 4.79 Å². The summed E-state index contributed by atoms with van der Waals surface area (Å²) in [5, 5.41) is 8.65. The lowest BCUT2D eigenvalue weighted by molar-refractivity contribution is -0.136. The summed E-state index contributed by atoms with van der Waals surface area (Å²) in [7, 11) is 0. The van der Waals surface area contributed by atoms with Gasteiger partial charge < -0.3 is 5.11 Å². The second-order valence-electron chi connectivity index (χ2n) is 2.86. The number of carboxylic acids is 1. The van der Waals surface area contributed by atoms with Crippen molar-refractivity contribution in [1.29, 1.82) is 0 Å². The molecule has 0 aliphatic heterocycles. The van der Waals surface area contributed by atoms with Crippen LogP contribution >= 0.6 is 11.8 Å². The van der Waals surface area contributed by atoms with E-state index in [-0.39, 0.29) is 6.42 Å². The van der Waals surface area contributed by atoms with Gasteiger partial charge >= 0.3 is 5.97 Å². The minimum Gasteiger partial charge on any atom is -0.481 e. The highest BCUT2D eigenvalue weighted by atomic mass is 32.2. The molecule has 13 heavy (non-hydrogen) atoms. The van der Waals surface area contributed by atoms with Crippen molar-refractivity contribution in [3.05, 3.63) is 29.3 Å². The van der Waals surface area contributed by atoms with Gasteiger partial charge in [0.05, 0.1) is 6.42 Å². The maximum Gasteiger partial charge on any atom is 0.307 e. The molecular formula is C10H12O2S. The number of carboxylic acid groups (broad SMARTS) is 1. The Hall–Kier alpha value is -0.960. The lowest BCUT2D eigenvalue weighted by Gasteiger charge is -2.04. The summed E-state index contributed by atoms with van der Waals surface area (Å²) in [6, 6.07) is 5.91. The SMILES string of the molecule is CSc1ccc(C)c(CC(=O)O)c1. The van der Waals surface area contributed by atoms with Gasteiger partial charge in [0.15, 0.2) is 0 Å². The normalized spacial score (nSPS) is 10.0. The molecule has 0 aromatic heterocycles. The predicted molar refractivity (Wildman–Crippen MR) is 54.3 cm³/mol. The van der Waals surface area contributed by atoms with Crippen molar-refractivity contribution >= 4 is 17.7 Å². The molecule has 1 aromatic rings. The van der Waals surface area contributed by atoms with Crippen molar-refractivity contribution in [2.75, 3.05) is 6.26 Å². The highest BCUT2D eigenvalue weighted by Crippen LogP contribution is 2.19. The fourth-order valence-corrected chi connectivity index (χ4v) is 1.59. The van der Waals surface area contributed by atoms with Gasteiger partial charge in [-0.3, -0.25) is 4.79 Å². The molecule has 0 aliphatic rings. The number of hydrogen-bond donors (Lipinski definition) is 1. The first-order valence-corrected chi connectivity index (χ1v) is 5.21. The molecule has 0 amide bonds. The summed E-state index contributed by atoms with van der Waals surface area (Å²) in [4.78, 5) is 11.6. The van der Waals surface area contributed by atoms with Crippen LogP contribution in [0.1, 0.15) is 11.1 Å². The van der Waals surface area contributed by atoms with Crippen molar-refractivity contribution in [2.24, 2.45) is 0 Å². The third kappa shape index (κ3) is 2.77. The minimum atomic E-state index is -0.777. The molecule has 0 saturated heterocycles. The Kier molecular flexibility index (Phi) is 3.37. The van der Waals surface area contributed by atoms with E-state index in [0.717, 1.165) is 16.0 Å². The Morgan fingerprint density at radius 3 is 2.77 bits per heavy atom. The Morgan fingerprint density at radius 2 is 2.23 bits per heavy atom. The van der Waals surface area contributed by atoms with Gasteiger partial charge in [0, 0.05) is 4.90 Å². The van der Waals surface area contributed by atoms with Crippen molar-refractivity contribution in [1.82, 2.24) is 0 Å². The number of benzene rings is 1. The van der Waals surface area contributed by atoms with Crippen LogP contribution in [0, 0.1) is 6.92 Å². The molecule has 3 heteroatoms. The van der Waals surface area contributed by atoms with Gasteiger partial charge in [-0.25, -0.2) is 0 Å². The van der Waals surface area contributed by atoms with Crippen LogP contribution in [0.25, 0.3) is 0 Å². The summed E-state index contributed by atoms with van der Waals surface area (Å²) in [5.41, 5.74) is 1.94. The number of hydrogen-bond acceptors (Lipinski definition) is 2. The monoisotopic (exact) mass is 196 g/mol. The zero-order chi connectivity index (χ0) is 9.84. The molecule has 0 fully saturated rings. The smallest absolute Gasteiger partial charge is 0.307 e. The van der Waals surface area contributed by atoms with Crippen LogP contribution in [0.4, 0.5) is 0 Å². The van der Waals surface area contributed by atoms with Crippen molar-refractivity contribution in [3.8, 4) is 0 Å². The molecule has 0 unspecified atom stereocenters. The van der Waals surface area contributed by atoms with E-state index in [4.69, 9.17) is 5.11 Å². The van der Waals surface area contributed by atoms with Gasteiger partial charge in [0.1, 0.15) is 0 Å². The molecule has 2 nitrogen and oxygen atoms in total. The van der Waals surface area contributed by atoms with Crippen LogP contribution in [0.3, 0.4) is 0 Å². The molecule has 0 atom stereocenters. The Balaban J connectivity index is 2.96. The lowest BCUT2D eigenvalue weighted by Crippen LogP contribution is -2.01. The Morgan fingerprint density at radius 1 is 1.54 bits per heavy atom. The zero-order valence-electron chi connectivity index (χ0n) is 7.70. The topological polar surface area (TPSA) is 37.3 Å². The highest BCUT2D eigenvalue weighted by molar-refractivity contribution is 7.98. The zero-order valence-corrected chi connectivity index (χ0v) is 8.52. The van der Waals surface area contributed by atoms with Gasteiger partial charge in [0.25, 0.3) is 0 Å². The molecule has 0 saturated carbocycles. The maximum absolute atomic E-state index is 10.5. The quantitative estimate of drug-likeness (QED) is 0.754. The minimum absolute atomic E-state index is 0.111. The molecule has 0 heterocycles. The number of thioether (sulfide) groups is 1. The average molecular weight is 196 g/mol. The first kappa shape index (κ1) is 10.1. The lowest BCUT2D eigenvalue weighted by atomic mass is 10.1. The molecule has 0 bridgehead atoms. The third-order valence-corrected chi connectivity index (χ3v) is 2.62. The van der Waals surface area contributed by atoms with Crippen molar-refractivity contribution in [3.63, 3.8) is 0 Å². The molecule has 1 rings (SSSR count). The van der Waals surface area contributed by atoms with Gasteiger partial charge in [-0.1, -0.05) is 6.07 Å². The summed E-state index contributed by atoms with van der Waals surface area (Å²) < 4.78 is 0. The van der Waals surface area contributed by atoms with Crippen LogP contribution in [-0.4, -0.2) is 17.3 Å². The number of aliphatic carboxylic acids is 1. The van der Waals surface area contributed by atoms with Crippen LogP contribution < -0.4 is 0 Å². The largest absolute Gasteiger partial charge is 0.481 e. The van der Waals surface area contributed by atoms with E-state index < -0.39 is 5.97 Å². The fourth-order valence-electron chi connectivity index (χ4n) is 1.13. The predicted octanol–water partition coefficient (Wildman–Crippen LogP) is 2.34. The molecule has 1 aromatic carbocycles. The standard InChI is InChI=1S/C10H12O2S/c1-7-3-4-9(13-2)5-8(7)6-10(11)12/h3-5H,6H2,1-2H3,(H,11,12). The van der Waals surface area contributed by atoms with Crippen LogP contribution in [0.5, 0.6) is 0 Å². The summed E-state index contributed by atoms with van der Waals surface area (Å²) in [5.74, 6) is -0.777. The number of carbonyl (C=O) groups is 1. The van der Waals surface area contributed by atoms with Gasteiger partial charge in [-0.2, -0.15) is 0 Å². The van der Waals surface area contributed by atoms with Gasteiger partial charge in [0.2, 0.25) is 0 Å². The summed E-state index contributed by atoms with van der Waals surface area (Å²) in [6.45, 7) is 1.93. The molecule has 0 aliphatic carbocycles. The summed E-state index contributed by atoms with van der Waals surface area (Å²) >= 11 is 1.63. The first-order chi connectivity index (χ1) is 6.13. The van der Waals surface area contributed by atoms with Gasteiger partial charge in [-0.15, -0.1) is 11.8 Å². The van der Waals surface area contributed by atoms with Crippen LogP contribution in [-0.2, 0) is 11.2 Å². The highest BCUT2D eigenvalue weighted by Gasteiger charge is 2.04. The van der Waals surface area contributed by atoms with E-state index >= 15 is 0 Å². The molecule has 1 N–H and O–H groups in total. The molecular weight excluding hydrogens is 184 g/mol. The van der Waals surface area contributed by atoms with E-state index in [2.05, 4.69) is 0 Å². The van der Waals surface area contributed by atoms with Crippen LogP contribution in [0.2, 0.25) is 0 Å². The van der Waals surface area contributed by atoms with Crippen molar-refractivity contribution in [2.45, 2.75) is 18.2 Å². The second kappa shape index (κ2) is 4.33. The third-order valence-electron chi connectivity index (χ3n) is 1.90. The maximum atomic E-state index is 10.5. The first-order valence-electron chi connectivity index (χ1n) is 3.99. The fraction of sp³-hybridized carbons (Fsp3) is 0.300. The van der Waals surface area contributed by atoms with E-state index in [1.54, 1.807) is 11.8 Å². The van der Waals surface area contributed by atoms with Gasteiger partial charge in [-0.05, 0) is 36.4 Å². The number of aryl methyl sites for hydroxylation is 1. The molecule has 0 radical (unpaired) electrons. The Bertz CT molecular complexity index is 321.